The van der Waals surface area contributed by atoms with Crippen molar-refractivity contribution in [1.82, 2.24) is 4.98 Å². The maximum absolute atomic E-state index is 12.4. The summed E-state index contributed by atoms with van der Waals surface area (Å²) in [4.78, 5) is 30.0. The fraction of sp³-hybridized carbons (Fsp3) is 0.292. The molecule has 0 saturated carbocycles. The fourth-order valence-corrected chi connectivity index (χ4v) is 4.45. The molecule has 0 atom stereocenters. The van der Waals surface area contributed by atoms with Crippen LogP contribution in [0.15, 0.2) is 58.8 Å². The Labute approximate surface area is 196 Å². The van der Waals surface area contributed by atoms with Crippen molar-refractivity contribution in [3.05, 3.63) is 53.9 Å². The number of thioether (sulfide) groups is 1. The van der Waals surface area contributed by atoms with Gasteiger partial charge in [-0.1, -0.05) is 39.0 Å². The lowest BCUT2D eigenvalue weighted by Crippen LogP contribution is -2.19. The Morgan fingerprint density at radius 3 is 2.59 bits per heavy atom. The molecule has 0 fully saturated rings. The van der Waals surface area contributed by atoms with Gasteiger partial charge in [0, 0.05) is 27.9 Å². The minimum absolute atomic E-state index is 0.0213. The molecule has 32 heavy (non-hydrogen) atoms. The summed E-state index contributed by atoms with van der Waals surface area (Å²) in [6, 6.07) is 15.1. The number of para-hydroxylation sites is 1. The molecule has 0 bridgehead atoms. The van der Waals surface area contributed by atoms with Gasteiger partial charge in [-0.2, -0.15) is 0 Å². The molecule has 0 radical (unpaired) electrons. The molecular formula is C24H27N3O3S2. The summed E-state index contributed by atoms with van der Waals surface area (Å²) in [5, 5.41) is 8.21. The monoisotopic (exact) mass is 469 g/mol. The van der Waals surface area contributed by atoms with Crippen molar-refractivity contribution in [1.29, 1.82) is 0 Å². The topological polar surface area (TPSA) is 80.3 Å². The third-order valence-corrected chi connectivity index (χ3v) is 6.06. The van der Waals surface area contributed by atoms with Crippen molar-refractivity contribution >= 4 is 45.7 Å². The third-order valence-electron chi connectivity index (χ3n) is 4.31. The summed E-state index contributed by atoms with van der Waals surface area (Å²) in [6.07, 6.45) is 0.442. The lowest BCUT2D eigenvalue weighted by atomic mass is 9.92. The number of hydrogen-bond donors (Lipinski definition) is 2. The summed E-state index contributed by atoms with van der Waals surface area (Å²) in [7, 11) is 1.62. The Bertz CT molecular complexity index is 1090. The first-order valence-corrected chi connectivity index (χ1v) is 12.0. The average Bonchev–Trinajstić information content (AvgIpc) is 3.19. The lowest BCUT2D eigenvalue weighted by Gasteiger charge is -2.17. The first-order chi connectivity index (χ1) is 15.2. The molecule has 0 aliphatic heterocycles. The molecule has 3 aromatic rings. The van der Waals surface area contributed by atoms with E-state index in [0.717, 1.165) is 27.6 Å². The van der Waals surface area contributed by atoms with Crippen LogP contribution in [0, 0.1) is 5.41 Å². The van der Waals surface area contributed by atoms with Crippen molar-refractivity contribution in [2.75, 3.05) is 23.5 Å². The van der Waals surface area contributed by atoms with Crippen LogP contribution in [0.5, 0.6) is 5.75 Å². The van der Waals surface area contributed by atoms with Gasteiger partial charge in [0.25, 0.3) is 0 Å². The van der Waals surface area contributed by atoms with E-state index in [4.69, 9.17) is 4.74 Å². The molecule has 2 aromatic carbocycles. The van der Waals surface area contributed by atoms with Crippen LogP contribution >= 0.6 is 23.1 Å². The molecule has 6 nitrogen and oxygen atoms in total. The first-order valence-electron chi connectivity index (χ1n) is 10.1. The SMILES string of the molecule is COc1ccccc1-c1csc(NC(=O)CSc2cccc(NC(=O)CC(C)(C)C)c2)n1. The zero-order valence-corrected chi connectivity index (χ0v) is 20.2. The van der Waals surface area contributed by atoms with Crippen LogP contribution in [0.25, 0.3) is 11.3 Å². The van der Waals surface area contributed by atoms with Crippen LogP contribution in [-0.2, 0) is 9.59 Å². The molecule has 1 aromatic heterocycles. The van der Waals surface area contributed by atoms with Gasteiger partial charge in [0.15, 0.2) is 5.13 Å². The highest BCUT2D eigenvalue weighted by Crippen LogP contribution is 2.32. The molecule has 0 aliphatic rings. The van der Waals surface area contributed by atoms with Gasteiger partial charge in [-0.3, -0.25) is 9.59 Å². The second kappa shape index (κ2) is 10.7. The van der Waals surface area contributed by atoms with E-state index >= 15 is 0 Å². The number of nitrogens with zero attached hydrogens (tertiary/aromatic N) is 1. The van der Waals surface area contributed by atoms with E-state index in [-0.39, 0.29) is 23.0 Å². The minimum atomic E-state index is -0.141. The number of carbonyl (C=O) groups is 2. The summed E-state index contributed by atoms with van der Waals surface area (Å²) in [5.41, 5.74) is 2.29. The Morgan fingerprint density at radius 1 is 1.06 bits per heavy atom. The van der Waals surface area contributed by atoms with E-state index in [1.165, 1.54) is 23.1 Å². The van der Waals surface area contributed by atoms with Crippen molar-refractivity contribution in [2.45, 2.75) is 32.1 Å². The van der Waals surface area contributed by atoms with Gasteiger partial charge in [-0.15, -0.1) is 23.1 Å². The van der Waals surface area contributed by atoms with Crippen LogP contribution in [0.1, 0.15) is 27.2 Å². The molecule has 3 rings (SSSR count). The van der Waals surface area contributed by atoms with E-state index in [0.29, 0.717) is 11.6 Å². The first kappa shape index (κ1) is 23.8. The minimum Gasteiger partial charge on any atom is -0.496 e. The summed E-state index contributed by atoms with van der Waals surface area (Å²) in [5.74, 6) is 0.814. The number of anilines is 2. The zero-order chi connectivity index (χ0) is 23.1. The predicted octanol–water partition coefficient (Wildman–Crippen LogP) is 5.92. The van der Waals surface area contributed by atoms with Crippen LogP contribution in [0.4, 0.5) is 10.8 Å². The summed E-state index contributed by atoms with van der Waals surface area (Å²) >= 11 is 2.78. The molecule has 2 amide bonds. The molecule has 0 unspecified atom stereocenters. The highest BCUT2D eigenvalue weighted by atomic mass is 32.2. The maximum atomic E-state index is 12.4. The number of aromatic nitrogens is 1. The Morgan fingerprint density at radius 2 is 1.84 bits per heavy atom. The predicted molar refractivity (Wildman–Crippen MR) is 133 cm³/mol. The molecule has 2 N–H and O–H groups in total. The van der Waals surface area contributed by atoms with Crippen LogP contribution in [0.3, 0.4) is 0 Å². The number of carbonyl (C=O) groups excluding carboxylic acids is 2. The largest absolute Gasteiger partial charge is 0.496 e. The maximum Gasteiger partial charge on any atom is 0.236 e. The summed E-state index contributed by atoms with van der Waals surface area (Å²) < 4.78 is 5.38. The third kappa shape index (κ3) is 7.10. The number of benzene rings is 2. The smallest absolute Gasteiger partial charge is 0.236 e. The number of nitrogens with one attached hydrogen (secondary N) is 2. The second-order valence-corrected chi connectivity index (χ2v) is 10.3. The molecule has 0 aliphatic carbocycles. The van der Waals surface area contributed by atoms with Crippen LogP contribution in [-0.4, -0.2) is 29.7 Å². The van der Waals surface area contributed by atoms with Gasteiger partial charge < -0.3 is 15.4 Å². The lowest BCUT2D eigenvalue weighted by molar-refractivity contribution is -0.118. The van der Waals surface area contributed by atoms with Gasteiger partial charge >= 0.3 is 0 Å². The van der Waals surface area contributed by atoms with E-state index in [1.54, 1.807) is 7.11 Å². The number of hydrogen-bond acceptors (Lipinski definition) is 6. The van der Waals surface area contributed by atoms with Gasteiger partial charge in [-0.25, -0.2) is 4.98 Å². The van der Waals surface area contributed by atoms with E-state index in [1.807, 2.05) is 74.7 Å². The quantitative estimate of drug-likeness (QED) is 0.400. The highest BCUT2D eigenvalue weighted by Gasteiger charge is 2.16. The highest BCUT2D eigenvalue weighted by molar-refractivity contribution is 8.00. The fourth-order valence-electron chi connectivity index (χ4n) is 2.97. The van der Waals surface area contributed by atoms with Crippen LogP contribution in [0.2, 0.25) is 0 Å². The summed E-state index contributed by atoms with van der Waals surface area (Å²) in [6.45, 7) is 6.08. The standard InChI is InChI=1S/C24H27N3O3S2/c1-24(2,3)13-21(28)25-16-8-7-9-17(12-16)31-15-22(29)27-23-26-19(14-32-23)18-10-5-6-11-20(18)30-4/h5-12,14H,13,15H2,1-4H3,(H,25,28)(H,26,27,29). The number of amides is 2. The van der Waals surface area contributed by atoms with E-state index in [2.05, 4.69) is 15.6 Å². The second-order valence-electron chi connectivity index (χ2n) is 8.39. The Kier molecular flexibility index (Phi) is 7.93. The zero-order valence-electron chi connectivity index (χ0n) is 18.6. The van der Waals surface area contributed by atoms with Crippen molar-refractivity contribution in [3.8, 4) is 17.0 Å². The van der Waals surface area contributed by atoms with Crippen LogP contribution < -0.4 is 15.4 Å². The molecule has 168 valence electrons. The van der Waals surface area contributed by atoms with Crippen molar-refractivity contribution < 1.29 is 14.3 Å². The number of methoxy groups -OCH3 is 1. The molecule has 1 heterocycles. The normalized spacial score (nSPS) is 11.1. The van der Waals surface area contributed by atoms with Crippen molar-refractivity contribution in [3.63, 3.8) is 0 Å². The number of ether oxygens (including phenoxy) is 1. The number of thiazole rings is 1. The molecular weight excluding hydrogens is 442 g/mol. The van der Waals surface area contributed by atoms with Gasteiger partial charge in [0.05, 0.1) is 18.6 Å². The Balaban J connectivity index is 1.54. The average molecular weight is 470 g/mol. The van der Waals surface area contributed by atoms with Gasteiger partial charge in [-0.05, 0) is 35.7 Å². The van der Waals surface area contributed by atoms with Gasteiger partial charge in [0.1, 0.15) is 5.75 Å². The molecule has 8 heteroatoms. The van der Waals surface area contributed by atoms with Crippen molar-refractivity contribution in [2.24, 2.45) is 5.41 Å². The van der Waals surface area contributed by atoms with E-state index < -0.39 is 0 Å². The Hall–Kier alpha value is -2.84. The van der Waals surface area contributed by atoms with E-state index in [9.17, 15) is 9.59 Å². The molecule has 0 saturated heterocycles. The van der Waals surface area contributed by atoms with Gasteiger partial charge in [0.2, 0.25) is 11.8 Å². The number of rotatable bonds is 8. The molecule has 0 spiro atoms.